The molecule has 0 radical (unpaired) electrons. The van der Waals surface area contributed by atoms with Gasteiger partial charge in [-0.3, -0.25) is 0 Å². The van der Waals surface area contributed by atoms with Crippen molar-refractivity contribution in [3.63, 3.8) is 0 Å². The average molecular weight is 233 g/mol. The molecular formula is C15H23NO. The van der Waals surface area contributed by atoms with Crippen molar-refractivity contribution in [1.29, 1.82) is 0 Å². The molecule has 1 atom stereocenters. The second-order valence-electron chi connectivity index (χ2n) is 5.56. The highest BCUT2D eigenvalue weighted by atomic mass is 16.5. The molecule has 1 saturated heterocycles. The smallest absolute Gasteiger partial charge is 0.123 e. The maximum atomic E-state index is 5.78. The van der Waals surface area contributed by atoms with Gasteiger partial charge in [0.2, 0.25) is 0 Å². The molecule has 0 spiro atoms. The lowest BCUT2D eigenvalue weighted by Gasteiger charge is -2.39. The van der Waals surface area contributed by atoms with E-state index in [-0.39, 0.29) is 11.0 Å². The molecule has 1 unspecified atom stereocenters. The van der Waals surface area contributed by atoms with Crippen molar-refractivity contribution in [1.82, 2.24) is 5.32 Å². The Morgan fingerprint density at radius 2 is 1.94 bits per heavy atom. The summed E-state index contributed by atoms with van der Waals surface area (Å²) in [4.78, 5) is 0. The van der Waals surface area contributed by atoms with Gasteiger partial charge in [-0.2, -0.15) is 0 Å². The van der Waals surface area contributed by atoms with Crippen molar-refractivity contribution in [3.8, 4) is 5.75 Å². The number of nitrogens with one attached hydrogen (secondary N) is 1. The lowest BCUT2D eigenvalue weighted by Crippen LogP contribution is -2.47. The molecule has 0 aromatic heterocycles. The average Bonchev–Trinajstić information content (AvgIpc) is 2.55. The molecule has 1 aromatic rings. The largest absolute Gasteiger partial charge is 0.494 e. The Labute approximate surface area is 104 Å². The summed E-state index contributed by atoms with van der Waals surface area (Å²) in [5, 5.41) is 3.60. The molecule has 0 bridgehead atoms. The third-order valence-electron chi connectivity index (χ3n) is 4.35. The first-order valence-electron chi connectivity index (χ1n) is 6.48. The van der Waals surface area contributed by atoms with Crippen LogP contribution in [0.3, 0.4) is 0 Å². The molecule has 94 valence electrons. The Balaban J connectivity index is 2.46. The van der Waals surface area contributed by atoms with Crippen LogP contribution in [0.2, 0.25) is 0 Å². The summed E-state index contributed by atoms with van der Waals surface area (Å²) < 4.78 is 5.78. The van der Waals surface area contributed by atoms with Gasteiger partial charge in [0.05, 0.1) is 6.61 Å². The van der Waals surface area contributed by atoms with E-state index in [1.807, 2.05) is 13.0 Å². The van der Waals surface area contributed by atoms with Gasteiger partial charge in [-0.25, -0.2) is 0 Å². The second-order valence-corrected chi connectivity index (χ2v) is 5.56. The molecule has 2 heteroatoms. The number of para-hydroxylation sites is 1. The number of hydrogen-bond donors (Lipinski definition) is 1. The first-order valence-corrected chi connectivity index (χ1v) is 6.48. The molecule has 1 aliphatic rings. The Morgan fingerprint density at radius 1 is 1.24 bits per heavy atom. The topological polar surface area (TPSA) is 21.3 Å². The van der Waals surface area contributed by atoms with E-state index in [2.05, 4.69) is 44.3 Å². The molecule has 1 fully saturated rings. The SMILES string of the molecule is CCOc1ccccc1C1(C)CCNC1(C)C. The van der Waals surface area contributed by atoms with E-state index < -0.39 is 0 Å². The molecule has 1 N–H and O–H groups in total. The minimum Gasteiger partial charge on any atom is -0.494 e. The molecule has 0 amide bonds. The van der Waals surface area contributed by atoms with Crippen LogP contribution in [0.25, 0.3) is 0 Å². The highest BCUT2D eigenvalue weighted by Crippen LogP contribution is 2.45. The van der Waals surface area contributed by atoms with Gasteiger partial charge in [-0.05, 0) is 39.8 Å². The molecule has 2 nitrogen and oxygen atoms in total. The normalized spacial score (nSPS) is 27.1. The minimum absolute atomic E-state index is 0.111. The summed E-state index contributed by atoms with van der Waals surface area (Å²) in [5.74, 6) is 1.04. The predicted octanol–water partition coefficient (Wildman–Crippen LogP) is 3.11. The van der Waals surface area contributed by atoms with Crippen LogP contribution >= 0.6 is 0 Å². The maximum Gasteiger partial charge on any atom is 0.123 e. The van der Waals surface area contributed by atoms with Crippen LogP contribution in [0, 0.1) is 0 Å². The van der Waals surface area contributed by atoms with E-state index in [4.69, 9.17) is 4.74 Å². The maximum absolute atomic E-state index is 5.78. The molecule has 2 rings (SSSR count). The number of ether oxygens (including phenoxy) is 1. The van der Waals surface area contributed by atoms with Crippen LogP contribution in [0.5, 0.6) is 5.75 Å². The Morgan fingerprint density at radius 3 is 2.53 bits per heavy atom. The van der Waals surface area contributed by atoms with Crippen molar-refractivity contribution in [3.05, 3.63) is 29.8 Å². The number of benzene rings is 1. The van der Waals surface area contributed by atoms with Crippen LogP contribution < -0.4 is 10.1 Å². The number of hydrogen-bond acceptors (Lipinski definition) is 2. The Bertz CT molecular complexity index is 400. The Kier molecular flexibility index (Phi) is 3.17. The highest BCUT2D eigenvalue weighted by molar-refractivity contribution is 5.42. The molecule has 1 aromatic carbocycles. The third kappa shape index (κ3) is 1.95. The first kappa shape index (κ1) is 12.4. The monoisotopic (exact) mass is 233 g/mol. The van der Waals surface area contributed by atoms with Crippen molar-refractivity contribution < 1.29 is 4.74 Å². The summed E-state index contributed by atoms with van der Waals surface area (Å²) in [6, 6.07) is 8.45. The molecule has 1 aliphatic heterocycles. The van der Waals surface area contributed by atoms with Crippen LogP contribution in [-0.2, 0) is 5.41 Å². The zero-order valence-electron chi connectivity index (χ0n) is 11.3. The van der Waals surface area contributed by atoms with E-state index in [0.717, 1.165) is 25.3 Å². The quantitative estimate of drug-likeness (QED) is 0.866. The van der Waals surface area contributed by atoms with Crippen molar-refractivity contribution in [2.75, 3.05) is 13.2 Å². The van der Waals surface area contributed by atoms with E-state index in [9.17, 15) is 0 Å². The lowest BCUT2D eigenvalue weighted by molar-refractivity contribution is 0.274. The summed E-state index contributed by atoms with van der Waals surface area (Å²) in [5.41, 5.74) is 1.58. The molecular weight excluding hydrogens is 210 g/mol. The minimum atomic E-state index is 0.111. The van der Waals surface area contributed by atoms with Crippen molar-refractivity contribution in [2.24, 2.45) is 0 Å². The van der Waals surface area contributed by atoms with Gasteiger partial charge < -0.3 is 10.1 Å². The van der Waals surface area contributed by atoms with E-state index in [1.165, 1.54) is 5.56 Å². The molecule has 1 heterocycles. The zero-order chi connectivity index (χ0) is 12.5. The Hall–Kier alpha value is -1.02. The van der Waals surface area contributed by atoms with Gasteiger partial charge in [-0.15, -0.1) is 0 Å². The van der Waals surface area contributed by atoms with E-state index in [1.54, 1.807) is 0 Å². The van der Waals surface area contributed by atoms with Crippen LogP contribution in [0.15, 0.2) is 24.3 Å². The standard InChI is InChI=1S/C15H23NO/c1-5-17-13-9-7-6-8-12(13)15(4)10-11-16-14(15,2)3/h6-9,16H,5,10-11H2,1-4H3. The second kappa shape index (κ2) is 4.34. The van der Waals surface area contributed by atoms with Crippen molar-refractivity contribution in [2.45, 2.75) is 45.1 Å². The summed E-state index contributed by atoms with van der Waals surface area (Å²) in [7, 11) is 0. The first-order chi connectivity index (χ1) is 8.01. The third-order valence-corrected chi connectivity index (χ3v) is 4.35. The predicted molar refractivity (Wildman–Crippen MR) is 71.7 cm³/mol. The highest BCUT2D eigenvalue weighted by Gasteiger charge is 2.47. The fourth-order valence-corrected chi connectivity index (χ4v) is 2.81. The summed E-state index contributed by atoms with van der Waals surface area (Å²) in [6.07, 6.45) is 1.16. The fourth-order valence-electron chi connectivity index (χ4n) is 2.81. The van der Waals surface area contributed by atoms with E-state index >= 15 is 0 Å². The van der Waals surface area contributed by atoms with Gasteiger partial charge in [0.15, 0.2) is 0 Å². The fraction of sp³-hybridized carbons (Fsp3) is 0.600. The zero-order valence-corrected chi connectivity index (χ0v) is 11.3. The van der Waals surface area contributed by atoms with Crippen LogP contribution in [0.4, 0.5) is 0 Å². The molecule has 0 saturated carbocycles. The van der Waals surface area contributed by atoms with Gasteiger partial charge in [0.25, 0.3) is 0 Å². The molecule has 17 heavy (non-hydrogen) atoms. The van der Waals surface area contributed by atoms with Crippen LogP contribution in [0.1, 0.15) is 39.7 Å². The van der Waals surface area contributed by atoms with Gasteiger partial charge in [-0.1, -0.05) is 25.1 Å². The lowest BCUT2D eigenvalue weighted by atomic mass is 9.69. The van der Waals surface area contributed by atoms with Gasteiger partial charge >= 0.3 is 0 Å². The molecule has 0 aliphatic carbocycles. The van der Waals surface area contributed by atoms with Crippen molar-refractivity contribution >= 4 is 0 Å². The summed E-state index contributed by atoms with van der Waals surface area (Å²) >= 11 is 0. The van der Waals surface area contributed by atoms with Crippen LogP contribution in [-0.4, -0.2) is 18.7 Å². The summed E-state index contributed by atoms with van der Waals surface area (Å²) in [6.45, 7) is 10.7. The van der Waals surface area contributed by atoms with E-state index in [0.29, 0.717) is 0 Å². The van der Waals surface area contributed by atoms with Gasteiger partial charge in [0.1, 0.15) is 5.75 Å². The van der Waals surface area contributed by atoms with Gasteiger partial charge in [0, 0.05) is 16.5 Å². The number of rotatable bonds is 3.